The van der Waals surface area contributed by atoms with Gasteiger partial charge in [-0.3, -0.25) is 37.3 Å². The molecule has 0 aromatic carbocycles. The Balaban J connectivity index is 5.26. The summed E-state index contributed by atoms with van der Waals surface area (Å²) in [5, 5.41) is 10.6. The third kappa shape index (κ3) is 72.8. The first-order valence-electron chi connectivity index (χ1n) is 41.4. The molecular formula is C80H156O17P2. The van der Waals surface area contributed by atoms with Crippen molar-refractivity contribution in [3.05, 3.63) is 0 Å². The van der Waals surface area contributed by atoms with Crippen LogP contribution in [0.5, 0.6) is 0 Å². The summed E-state index contributed by atoms with van der Waals surface area (Å²) in [4.78, 5) is 73.0. The zero-order valence-corrected chi connectivity index (χ0v) is 66.8. The van der Waals surface area contributed by atoms with Gasteiger partial charge < -0.3 is 33.8 Å². The number of aliphatic hydroxyl groups is 1. The number of unbranched alkanes of at least 4 members (excludes halogenated alkanes) is 45. The van der Waals surface area contributed by atoms with Gasteiger partial charge in [0.25, 0.3) is 0 Å². The van der Waals surface area contributed by atoms with Crippen molar-refractivity contribution < 1.29 is 80.2 Å². The van der Waals surface area contributed by atoms with Crippen LogP contribution >= 0.6 is 15.6 Å². The van der Waals surface area contributed by atoms with Gasteiger partial charge in [0.1, 0.15) is 19.3 Å². The van der Waals surface area contributed by atoms with Gasteiger partial charge in [0.05, 0.1) is 26.4 Å². The van der Waals surface area contributed by atoms with Gasteiger partial charge in [0, 0.05) is 25.7 Å². The number of phosphoric acid groups is 2. The van der Waals surface area contributed by atoms with E-state index in [4.69, 9.17) is 37.0 Å². The number of phosphoric ester groups is 2. The molecule has 0 saturated heterocycles. The molecule has 0 radical (unpaired) electrons. The molecule has 0 aliphatic rings. The van der Waals surface area contributed by atoms with Crippen LogP contribution in [0, 0.1) is 17.8 Å². The second-order valence-corrected chi connectivity index (χ2v) is 32.9. The smallest absolute Gasteiger partial charge is 0.462 e. The fourth-order valence-electron chi connectivity index (χ4n) is 12.3. The van der Waals surface area contributed by atoms with Crippen molar-refractivity contribution in [3.8, 4) is 0 Å². The van der Waals surface area contributed by atoms with Gasteiger partial charge in [-0.25, -0.2) is 9.13 Å². The summed E-state index contributed by atoms with van der Waals surface area (Å²) < 4.78 is 68.7. The van der Waals surface area contributed by atoms with E-state index in [1.807, 2.05) is 0 Å². The molecule has 0 aliphatic carbocycles. The molecule has 0 aromatic heterocycles. The van der Waals surface area contributed by atoms with E-state index in [-0.39, 0.29) is 25.7 Å². The summed E-state index contributed by atoms with van der Waals surface area (Å²) in [6.45, 7) is 12.0. The summed E-state index contributed by atoms with van der Waals surface area (Å²) in [5.74, 6) is 0.227. The maximum absolute atomic E-state index is 13.1. The van der Waals surface area contributed by atoms with E-state index in [0.29, 0.717) is 25.7 Å². The molecule has 0 aliphatic heterocycles. The standard InChI is InChI=1S/C80H156O17P2/c1-8-10-11-12-13-14-15-16-19-23-26-32-40-47-54-61-77(82)90-67-75(96-79(84)63-56-49-42-33-27-24-21-18-17-20-22-25-30-37-44-51-58-71(3)4)69-94-98(86,87)92-65-74(81)66-93-99(88,89)95-70-76(68-91-78(83)62-55-48-41-36-35-39-46-53-60-73(7)9-2)97-80(85)64-57-50-43-34-29-28-31-38-45-52-59-72(5)6/h71-76,81H,8-70H2,1-7H3,(H,86,87)(H,88,89)/t73?,74-,75-,76-/m1/s1. The monoisotopic (exact) mass is 1450 g/mol. The van der Waals surface area contributed by atoms with E-state index in [0.717, 1.165) is 108 Å². The predicted octanol–water partition coefficient (Wildman–Crippen LogP) is 23.7. The molecule has 0 bridgehead atoms. The van der Waals surface area contributed by atoms with Gasteiger partial charge in [-0.1, -0.05) is 363 Å². The van der Waals surface area contributed by atoms with Crippen LogP contribution in [0.2, 0.25) is 0 Å². The van der Waals surface area contributed by atoms with Gasteiger partial charge in [0.2, 0.25) is 0 Å². The zero-order chi connectivity index (χ0) is 73.0. The highest BCUT2D eigenvalue weighted by molar-refractivity contribution is 7.47. The van der Waals surface area contributed by atoms with Crippen molar-refractivity contribution in [2.24, 2.45) is 17.8 Å². The third-order valence-electron chi connectivity index (χ3n) is 19.0. The average molecular weight is 1450 g/mol. The zero-order valence-electron chi connectivity index (χ0n) is 65.0. The fourth-order valence-corrected chi connectivity index (χ4v) is 13.9. The lowest BCUT2D eigenvalue weighted by molar-refractivity contribution is -0.161. The Hall–Kier alpha value is -1.94. The molecule has 3 unspecified atom stereocenters. The molecule has 0 aromatic rings. The summed E-state index contributed by atoms with van der Waals surface area (Å²) in [5.41, 5.74) is 0. The molecule has 0 rings (SSSR count). The second-order valence-electron chi connectivity index (χ2n) is 30.0. The fraction of sp³-hybridized carbons (Fsp3) is 0.950. The maximum Gasteiger partial charge on any atom is 0.472 e. The Morgan fingerprint density at radius 2 is 0.515 bits per heavy atom. The molecule has 0 heterocycles. The molecule has 3 N–H and O–H groups in total. The van der Waals surface area contributed by atoms with Crippen LogP contribution in [0.25, 0.3) is 0 Å². The van der Waals surface area contributed by atoms with E-state index in [1.165, 1.54) is 225 Å². The molecule has 0 saturated carbocycles. The predicted molar refractivity (Wildman–Crippen MR) is 405 cm³/mol. The highest BCUT2D eigenvalue weighted by Gasteiger charge is 2.30. The van der Waals surface area contributed by atoms with Crippen LogP contribution in [0.3, 0.4) is 0 Å². The topological polar surface area (TPSA) is 237 Å². The lowest BCUT2D eigenvalue weighted by Crippen LogP contribution is -2.30. The molecule has 588 valence electrons. The SMILES string of the molecule is CCCCCCCCCCCCCCCCCC(=O)OC[C@H](COP(=O)(O)OC[C@@H](O)COP(=O)(O)OC[C@@H](COC(=O)CCCCCCCCCCC(C)CC)OC(=O)CCCCCCCCCCCCC(C)C)OC(=O)CCCCCCCCCCCCCCCCCCC(C)C. The Labute approximate surface area is 607 Å². The molecule has 0 amide bonds. The molecule has 6 atom stereocenters. The van der Waals surface area contributed by atoms with Crippen molar-refractivity contribution in [1.29, 1.82) is 0 Å². The second kappa shape index (κ2) is 70.4. The van der Waals surface area contributed by atoms with Gasteiger partial charge >= 0.3 is 39.5 Å². The molecule has 99 heavy (non-hydrogen) atoms. The molecule has 0 fully saturated rings. The largest absolute Gasteiger partial charge is 0.472 e. The number of rotatable bonds is 78. The first-order chi connectivity index (χ1) is 47.8. The molecule has 19 heteroatoms. The number of hydrogen-bond acceptors (Lipinski definition) is 15. The first kappa shape index (κ1) is 97.1. The van der Waals surface area contributed by atoms with E-state index < -0.39 is 97.5 Å². The molecule has 17 nitrogen and oxygen atoms in total. The minimum Gasteiger partial charge on any atom is -0.462 e. The number of esters is 4. The molecular weight excluding hydrogens is 1290 g/mol. The Morgan fingerprint density at radius 3 is 0.768 bits per heavy atom. The van der Waals surface area contributed by atoms with Crippen molar-refractivity contribution in [2.75, 3.05) is 39.6 Å². The Morgan fingerprint density at radius 1 is 0.293 bits per heavy atom. The van der Waals surface area contributed by atoms with Crippen molar-refractivity contribution in [2.45, 2.75) is 433 Å². The van der Waals surface area contributed by atoms with E-state index in [2.05, 4.69) is 48.5 Å². The quantitative estimate of drug-likeness (QED) is 0.0222. The summed E-state index contributed by atoms with van der Waals surface area (Å²) >= 11 is 0. The third-order valence-corrected chi connectivity index (χ3v) is 20.9. The van der Waals surface area contributed by atoms with Crippen LogP contribution in [0.1, 0.15) is 414 Å². The van der Waals surface area contributed by atoms with Gasteiger partial charge in [0.15, 0.2) is 12.2 Å². The summed E-state index contributed by atoms with van der Waals surface area (Å²) in [6, 6.07) is 0. The van der Waals surface area contributed by atoms with Crippen LogP contribution in [0.4, 0.5) is 0 Å². The highest BCUT2D eigenvalue weighted by Crippen LogP contribution is 2.45. The lowest BCUT2D eigenvalue weighted by Gasteiger charge is -2.21. The Bertz CT molecular complexity index is 1920. The van der Waals surface area contributed by atoms with Crippen molar-refractivity contribution in [1.82, 2.24) is 0 Å². The maximum atomic E-state index is 13.1. The number of ether oxygens (including phenoxy) is 4. The van der Waals surface area contributed by atoms with Crippen LogP contribution in [-0.4, -0.2) is 96.7 Å². The lowest BCUT2D eigenvalue weighted by atomic mass is 9.99. The van der Waals surface area contributed by atoms with Crippen molar-refractivity contribution >= 4 is 39.5 Å². The number of carbonyl (C=O) groups is 4. The van der Waals surface area contributed by atoms with Crippen LogP contribution < -0.4 is 0 Å². The minimum absolute atomic E-state index is 0.106. The van der Waals surface area contributed by atoms with Gasteiger partial charge in [-0.05, 0) is 43.4 Å². The first-order valence-corrected chi connectivity index (χ1v) is 44.4. The minimum atomic E-state index is -4.96. The summed E-state index contributed by atoms with van der Waals surface area (Å²) in [6.07, 6.45) is 58.2. The van der Waals surface area contributed by atoms with Crippen LogP contribution in [-0.2, 0) is 65.4 Å². The van der Waals surface area contributed by atoms with E-state index >= 15 is 0 Å². The van der Waals surface area contributed by atoms with Gasteiger partial charge in [-0.15, -0.1) is 0 Å². The van der Waals surface area contributed by atoms with E-state index in [9.17, 15) is 43.2 Å². The Kier molecular flexibility index (Phi) is 69.0. The molecule has 0 spiro atoms. The van der Waals surface area contributed by atoms with Crippen molar-refractivity contribution in [3.63, 3.8) is 0 Å². The van der Waals surface area contributed by atoms with Gasteiger partial charge in [-0.2, -0.15) is 0 Å². The highest BCUT2D eigenvalue weighted by atomic mass is 31.2. The number of aliphatic hydroxyl groups excluding tert-OH is 1. The number of hydrogen-bond donors (Lipinski definition) is 3. The average Bonchev–Trinajstić information content (AvgIpc) is 0.997. The van der Waals surface area contributed by atoms with Crippen LogP contribution in [0.15, 0.2) is 0 Å². The summed E-state index contributed by atoms with van der Waals surface area (Å²) in [7, 11) is -9.92. The normalized spacial score (nSPS) is 14.3. The number of carbonyl (C=O) groups excluding carboxylic acids is 4. The van der Waals surface area contributed by atoms with E-state index in [1.54, 1.807) is 0 Å².